The van der Waals surface area contributed by atoms with Gasteiger partial charge >= 0.3 is 0 Å². The number of anilines is 1. The van der Waals surface area contributed by atoms with Gasteiger partial charge in [0.2, 0.25) is 5.91 Å². The quantitative estimate of drug-likeness (QED) is 0.833. The Labute approximate surface area is 134 Å². The largest absolute Gasteiger partial charge is 0.496 e. The maximum Gasteiger partial charge on any atom is 0.250 e. The van der Waals surface area contributed by atoms with E-state index in [1.807, 2.05) is 25.1 Å². The molecule has 0 saturated carbocycles. The van der Waals surface area contributed by atoms with Crippen LogP contribution in [-0.2, 0) is 4.79 Å². The molecule has 5 heteroatoms. The minimum Gasteiger partial charge on any atom is -0.496 e. The molecule has 0 aliphatic rings. The molecule has 118 valence electrons. The van der Waals surface area contributed by atoms with Gasteiger partial charge in [-0.2, -0.15) is 0 Å². The molecule has 0 atom stereocenters. The third-order valence-corrected chi connectivity index (χ3v) is 3.31. The van der Waals surface area contributed by atoms with E-state index >= 15 is 0 Å². The van der Waals surface area contributed by atoms with Crippen molar-refractivity contribution in [2.75, 3.05) is 12.4 Å². The highest BCUT2D eigenvalue weighted by molar-refractivity contribution is 6.07. The molecule has 2 amide bonds. The first-order chi connectivity index (χ1) is 11.0. The van der Waals surface area contributed by atoms with Gasteiger partial charge in [0.05, 0.1) is 18.4 Å². The Kier molecular flexibility index (Phi) is 5.15. The predicted molar refractivity (Wildman–Crippen MR) is 90.4 cm³/mol. The van der Waals surface area contributed by atoms with E-state index in [9.17, 15) is 9.59 Å². The molecule has 0 aliphatic carbocycles. The Hall–Kier alpha value is -3.08. The van der Waals surface area contributed by atoms with E-state index in [1.165, 1.54) is 6.08 Å². The monoisotopic (exact) mass is 310 g/mol. The summed E-state index contributed by atoms with van der Waals surface area (Å²) in [5.41, 5.74) is 7.79. The van der Waals surface area contributed by atoms with Gasteiger partial charge in [-0.15, -0.1) is 0 Å². The van der Waals surface area contributed by atoms with Crippen molar-refractivity contribution in [1.82, 2.24) is 0 Å². The molecule has 0 unspecified atom stereocenters. The number of primary amides is 1. The van der Waals surface area contributed by atoms with Crippen LogP contribution >= 0.6 is 0 Å². The summed E-state index contributed by atoms with van der Waals surface area (Å²) < 4.78 is 5.24. The number of carbonyl (C=O) groups is 2. The molecule has 3 N–H and O–H groups in total. The molecule has 0 radical (unpaired) electrons. The standard InChI is InChI=1S/C18H18N2O3/c1-12-7-8-13(11-16(12)23-2)9-10-17(21)20-15-6-4-3-5-14(15)18(19)22/h3-11H,1-2H3,(H2,19,22)(H,20,21)/b10-9+. The Morgan fingerprint density at radius 3 is 2.61 bits per heavy atom. The number of methoxy groups -OCH3 is 1. The second kappa shape index (κ2) is 7.26. The Balaban J connectivity index is 2.12. The van der Waals surface area contributed by atoms with E-state index in [0.717, 1.165) is 16.9 Å². The zero-order valence-electron chi connectivity index (χ0n) is 13.0. The van der Waals surface area contributed by atoms with Gasteiger partial charge in [-0.1, -0.05) is 24.3 Å². The summed E-state index contributed by atoms with van der Waals surface area (Å²) in [5, 5.41) is 2.64. The number of nitrogens with two attached hydrogens (primary N) is 1. The summed E-state index contributed by atoms with van der Waals surface area (Å²) in [7, 11) is 1.60. The number of hydrogen-bond donors (Lipinski definition) is 2. The van der Waals surface area contributed by atoms with Crippen LogP contribution in [0.1, 0.15) is 21.5 Å². The number of rotatable bonds is 5. The summed E-state index contributed by atoms with van der Waals surface area (Å²) in [4.78, 5) is 23.3. The van der Waals surface area contributed by atoms with Gasteiger partial charge in [0.15, 0.2) is 0 Å². The summed E-state index contributed by atoms with van der Waals surface area (Å²) in [6.07, 6.45) is 3.06. The van der Waals surface area contributed by atoms with Gasteiger partial charge in [-0.05, 0) is 42.3 Å². The van der Waals surface area contributed by atoms with Crippen LogP contribution in [0.25, 0.3) is 6.08 Å². The Morgan fingerprint density at radius 1 is 1.17 bits per heavy atom. The number of benzene rings is 2. The smallest absolute Gasteiger partial charge is 0.250 e. The lowest BCUT2D eigenvalue weighted by atomic mass is 10.1. The van der Waals surface area contributed by atoms with Crippen LogP contribution in [0.4, 0.5) is 5.69 Å². The van der Waals surface area contributed by atoms with Crippen LogP contribution in [0.2, 0.25) is 0 Å². The zero-order valence-corrected chi connectivity index (χ0v) is 13.0. The highest BCUT2D eigenvalue weighted by Crippen LogP contribution is 2.20. The van der Waals surface area contributed by atoms with Gasteiger partial charge < -0.3 is 15.8 Å². The minimum atomic E-state index is -0.590. The molecule has 0 aromatic heterocycles. The molecule has 2 aromatic carbocycles. The Bertz CT molecular complexity index is 767. The Morgan fingerprint density at radius 2 is 1.91 bits per heavy atom. The van der Waals surface area contributed by atoms with Crippen LogP contribution < -0.4 is 15.8 Å². The van der Waals surface area contributed by atoms with E-state index < -0.39 is 5.91 Å². The van der Waals surface area contributed by atoms with Crippen molar-refractivity contribution in [3.63, 3.8) is 0 Å². The fourth-order valence-corrected chi connectivity index (χ4v) is 2.09. The number of hydrogen-bond acceptors (Lipinski definition) is 3. The summed E-state index contributed by atoms with van der Waals surface area (Å²) >= 11 is 0. The van der Waals surface area contributed by atoms with Crippen LogP contribution in [0, 0.1) is 6.92 Å². The van der Waals surface area contributed by atoms with Crippen LogP contribution in [0.5, 0.6) is 5.75 Å². The van der Waals surface area contributed by atoms with Crippen molar-refractivity contribution in [3.8, 4) is 5.75 Å². The maximum atomic E-state index is 12.0. The van der Waals surface area contributed by atoms with Crippen molar-refractivity contribution in [2.45, 2.75) is 6.92 Å². The van der Waals surface area contributed by atoms with E-state index in [4.69, 9.17) is 10.5 Å². The summed E-state index contributed by atoms with van der Waals surface area (Å²) in [6.45, 7) is 1.94. The lowest BCUT2D eigenvalue weighted by molar-refractivity contribution is -0.111. The highest BCUT2D eigenvalue weighted by atomic mass is 16.5. The van der Waals surface area contributed by atoms with Crippen molar-refractivity contribution in [3.05, 3.63) is 65.2 Å². The number of amides is 2. The van der Waals surface area contributed by atoms with Crippen LogP contribution in [0.3, 0.4) is 0 Å². The van der Waals surface area contributed by atoms with Crippen LogP contribution in [-0.4, -0.2) is 18.9 Å². The third-order valence-electron chi connectivity index (χ3n) is 3.31. The van der Waals surface area contributed by atoms with E-state index in [1.54, 1.807) is 37.5 Å². The van der Waals surface area contributed by atoms with Crippen LogP contribution in [0.15, 0.2) is 48.5 Å². The van der Waals surface area contributed by atoms with Crippen molar-refractivity contribution in [2.24, 2.45) is 5.73 Å². The number of nitrogens with one attached hydrogen (secondary N) is 1. The third kappa shape index (κ3) is 4.20. The molecule has 0 saturated heterocycles. The highest BCUT2D eigenvalue weighted by Gasteiger charge is 2.08. The second-order valence-corrected chi connectivity index (χ2v) is 4.96. The number of para-hydroxylation sites is 1. The summed E-state index contributed by atoms with van der Waals surface area (Å²) in [5.74, 6) is -0.182. The minimum absolute atomic E-state index is 0.270. The average molecular weight is 310 g/mol. The number of carbonyl (C=O) groups excluding carboxylic acids is 2. The molecule has 23 heavy (non-hydrogen) atoms. The first kappa shape index (κ1) is 16.3. The van der Waals surface area contributed by atoms with E-state index in [-0.39, 0.29) is 11.5 Å². The molecule has 0 fully saturated rings. The first-order valence-electron chi connectivity index (χ1n) is 7.04. The topological polar surface area (TPSA) is 81.4 Å². The molecule has 2 rings (SSSR count). The van der Waals surface area contributed by atoms with E-state index in [2.05, 4.69) is 5.32 Å². The van der Waals surface area contributed by atoms with Gasteiger partial charge in [-0.25, -0.2) is 0 Å². The lowest BCUT2D eigenvalue weighted by Crippen LogP contribution is -2.16. The molecular formula is C18H18N2O3. The van der Waals surface area contributed by atoms with E-state index in [0.29, 0.717) is 5.69 Å². The zero-order chi connectivity index (χ0) is 16.8. The normalized spacial score (nSPS) is 10.5. The number of aryl methyl sites for hydroxylation is 1. The molecule has 5 nitrogen and oxygen atoms in total. The van der Waals surface area contributed by atoms with Crippen molar-refractivity contribution in [1.29, 1.82) is 0 Å². The van der Waals surface area contributed by atoms with Crippen molar-refractivity contribution < 1.29 is 14.3 Å². The fourth-order valence-electron chi connectivity index (χ4n) is 2.09. The summed E-state index contributed by atoms with van der Waals surface area (Å²) in [6, 6.07) is 12.2. The predicted octanol–water partition coefficient (Wildman–Crippen LogP) is 2.75. The van der Waals surface area contributed by atoms with Crippen molar-refractivity contribution >= 4 is 23.6 Å². The maximum absolute atomic E-state index is 12.0. The molecule has 2 aromatic rings. The SMILES string of the molecule is COc1cc(/C=C/C(=O)Nc2ccccc2C(N)=O)ccc1C. The lowest BCUT2D eigenvalue weighted by Gasteiger charge is -2.07. The molecule has 0 bridgehead atoms. The van der Waals surface area contributed by atoms with Gasteiger partial charge in [0.25, 0.3) is 5.91 Å². The molecular weight excluding hydrogens is 292 g/mol. The van der Waals surface area contributed by atoms with Gasteiger partial charge in [-0.3, -0.25) is 9.59 Å². The fraction of sp³-hybridized carbons (Fsp3) is 0.111. The first-order valence-corrected chi connectivity index (χ1v) is 7.04. The number of ether oxygens (including phenoxy) is 1. The molecule has 0 aliphatic heterocycles. The van der Waals surface area contributed by atoms with Gasteiger partial charge in [0.1, 0.15) is 5.75 Å². The second-order valence-electron chi connectivity index (χ2n) is 4.96. The average Bonchev–Trinajstić information content (AvgIpc) is 2.54. The molecule has 0 spiro atoms. The van der Waals surface area contributed by atoms with Gasteiger partial charge in [0, 0.05) is 6.08 Å². The molecule has 0 heterocycles.